The van der Waals surface area contributed by atoms with Crippen molar-refractivity contribution in [3.63, 3.8) is 0 Å². The fourth-order valence-electron chi connectivity index (χ4n) is 12.4. The minimum atomic E-state index is -4.96. The zero-order chi connectivity index (χ0) is 73.8. The molecule has 0 fully saturated rings. The monoisotopic (exact) mass is 1470 g/mol. The molecule has 0 spiro atoms. The second-order valence-electron chi connectivity index (χ2n) is 30.8. The molecule has 3 N–H and O–H groups in total. The van der Waals surface area contributed by atoms with E-state index < -0.39 is 97.5 Å². The Hall–Kier alpha value is -1.94. The van der Waals surface area contributed by atoms with Crippen molar-refractivity contribution < 1.29 is 80.2 Å². The Labute approximate surface area is 613 Å². The first kappa shape index (κ1) is 98.1. The third kappa shape index (κ3) is 73.0. The Morgan fingerprint density at radius 3 is 0.710 bits per heavy atom. The fraction of sp³-hybridized carbons (Fsp3) is 0.951. The number of carbonyl (C=O) groups excluding carboxylic acids is 4. The van der Waals surface area contributed by atoms with E-state index in [1.165, 1.54) is 212 Å². The van der Waals surface area contributed by atoms with Crippen molar-refractivity contribution in [2.75, 3.05) is 39.6 Å². The third-order valence-electron chi connectivity index (χ3n) is 19.2. The van der Waals surface area contributed by atoms with Gasteiger partial charge in [0.25, 0.3) is 0 Å². The molecule has 594 valence electrons. The van der Waals surface area contributed by atoms with Crippen LogP contribution in [0.25, 0.3) is 0 Å². The Bertz CT molecular complexity index is 1960. The van der Waals surface area contributed by atoms with Crippen LogP contribution < -0.4 is 0 Å². The van der Waals surface area contributed by atoms with E-state index in [0.29, 0.717) is 31.6 Å². The summed E-state index contributed by atoms with van der Waals surface area (Å²) in [6.45, 7) is 14.3. The van der Waals surface area contributed by atoms with Gasteiger partial charge in [-0.1, -0.05) is 364 Å². The van der Waals surface area contributed by atoms with E-state index in [9.17, 15) is 43.2 Å². The molecule has 0 amide bonds. The van der Waals surface area contributed by atoms with Gasteiger partial charge in [-0.15, -0.1) is 0 Å². The van der Waals surface area contributed by atoms with Crippen molar-refractivity contribution in [1.82, 2.24) is 0 Å². The molecule has 17 nitrogen and oxygen atoms in total. The highest BCUT2D eigenvalue weighted by atomic mass is 31.2. The summed E-state index contributed by atoms with van der Waals surface area (Å²) in [6.07, 6.45) is 56.9. The maximum absolute atomic E-state index is 13.1. The molecule has 0 aliphatic rings. The topological polar surface area (TPSA) is 237 Å². The van der Waals surface area contributed by atoms with Crippen molar-refractivity contribution in [3.8, 4) is 0 Å². The van der Waals surface area contributed by atoms with Crippen LogP contribution in [0, 0.1) is 23.7 Å². The third-order valence-corrected chi connectivity index (χ3v) is 21.1. The predicted octanol–water partition coefficient (Wildman–Crippen LogP) is 24.0. The second-order valence-corrected chi connectivity index (χ2v) is 33.7. The molecule has 0 aromatic carbocycles. The number of aliphatic hydroxyl groups is 1. The van der Waals surface area contributed by atoms with Gasteiger partial charge in [-0.25, -0.2) is 9.13 Å². The molecule has 0 aromatic heterocycles. The largest absolute Gasteiger partial charge is 0.472 e. The molecule has 0 saturated heterocycles. The summed E-state index contributed by atoms with van der Waals surface area (Å²) in [6, 6.07) is 0. The number of carbonyl (C=O) groups is 4. The molecular formula is C81H158O17P2. The molecule has 0 heterocycles. The number of hydrogen-bond acceptors (Lipinski definition) is 15. The summed E-state index contributed by atoms with van der Waals surface area (Å²) < 4.78 is 68.7. The lowest BCUT2D eigenvalue weighted by Gasteiger charge is -2.21. The van der Waals surface area contributed by atoms with Crippen LogP contribution in [-0.4, -0.2) is 96.7 Å². The summed E-state index contributed by atoms with van der Waals surface area (Å²) in [4.78, 5) is 73.0. The van der Waals surface area contributed by atoms with Crippen LogP contribution in [0.4, 0.5) is 0 Å². The fourth-order valence-corrected chi connectivity index (χ4v) is 14.0. The minimum absolute atomic E-state index is 0.107. The van der Waals surface area contributed by atoms with Gasteiger partial charge in [0.1, 0.15) is 19.3 Å². The van der Waals surface area contributed by atoms with Gasteiger partial charge in [0.15, 0.2) is 12.2 Å². The number of hydrogen-bond donors (Lipinski definition) is 3. The normalized spacial score (nSPS) is 14.3. The minimum Gasteiger partial charge on any atom is -0.462 e. The molecule has 0 aliphatic carbocycles. The highest BCUT2D eigenvalue weighted by Crippen LogP contribution is 2.45. The van der Waals surface area contributed by atoms with E-state index in [4.69, 9.17) is 37.0 Å². The molecule has 6 atom stereocenters. The standard InChI is InChI=1S/C81H158O17P2/c1-9-74(8)60-52-44-36-28-22-16-13-14-18-24-31-39-48-56-64-81(86)98-77(68-92-79(84)62-54-46-40-32-35-43-51-59-73(6)7)70-96-100(89,90)94-66-75(82)65-93-99(87,88)95-69-76(67-91-78(83)61-53-45-37-29-25-19-21-27-34-42-50-58-72(4)5)97-80(85)63-55-47-38-30-23-17-12-10-11-15-20-26-33-41-49-57-71(2)3/h71-77,82H,9-70H2,1-8H3,(H,87,88)(H,89,90)/t74?,75?,76-,77-/m1/s1. The number of aliphatic hydroxyl groups excluding tert-OH is 1. The van der Waals surface area contributed by atoms with Gasteiger partial charge in [0.2, 0.25) is 0 Å². The van der Waals surface area contributed by atoms with Gasteiger partial charge < -0.3 is 33.8 Å². The summed E-state index contributed by atoms with van der Waals surface area (Å²) in [7, 11) is -9.92. The first-order valence-electron chi connectivity index (χ1n) is 41.7. The van der Waals surface area contributed by atoms with Gasteiger partial charge in [-0.05, 0) is 49.4 Å². The smallest absolute Gasteiger partial charge is 0.462 e. The highest BCUT2D eigenvalue weighted by molar-refractivity contribution is 7.47. The summed E-state index contributed by atoms with van der Waals surface area (Å²) in [5.41, 5.74) is 0. The average Bonchev–Trinajstić information content (AvgIpc) is 0.948. The number of rotatable bonds is 78. The lowest BCUT2D eigenvalue weighted by Crippen LogP contribution is -2.30. The van der Waals surface area contributed by atoms with Gasteiger partial charge >= 0.3 is 39.5 Å². The number of unbranched alkanes of at least 4 members (excludes halogenated alkanes) is 43. The predicted molar refractivity (Wildman–Crippen MR) is 409 cm³/mol. The maximum atomic E-state index is 13.1. The van der Waals surface area contributed by atoms with E-state index in [1.807, 2.05) is 0 Å². The van der Waals surface area contributed by atoms with Crippen LogP contribution in [-0.2, 0) is 65.4 Å². The molecule has 0 saturated carbocycles. The molecular weight excluding hydrogens is 1310 g/mol. The summed E-state index contributed by atoms with van der Waals surface area (Å²) in [5.74, 6) is 1.01. The number of ether oxygens (including phenoxy) is 4. The van der Waals surface area contributed by atoms with Crippen molar-refractivity contribution in [1.29, 1.82) is 0 Å². The molecule has 19 heteroatoms. The first-order valence-corrected chi connectivity index (χ1v) is 44.7. The highest BCUT2D eigenvalue weighted by Gasteiger charge is 2.30. The Balaban J connectivity index is 5.24. The second kappa shape index (κ2) is 70.1. The zero-order valence-corrected chi connectivity index (χ0v) is 67.6. The molecule has 0 radical (unpaired) electrons. The number of esters is 4. The van der Waals surface area contributed by atoms with Crippen molar-refractivity contribution >= 4 is 39.5 Å². The molecule has 0 rings (SSSR count). The van der Waals surface area contributed by atoms with Gasteiger partial charge in [-0.2, -0.15) is 0 Å². The lowest BCUT2D eigenvalue weighted by atomic mass is 9.99. The molecule has 4 unspecified atom stereocenters. The van der Waals surface area contributed by atoms with Crippen LogP contribution in [0.3, 0.4) is 0 Å². The molecule has 0 aliphatic heterocycles. The van der Waals surface area contributed by atoms with E-state index in [1.54, 1.807) is 0 Å². The van der Waals surface area contributed by atoms with Crippen LogP contribution in [0.1, 0.15) is 415 Å². The van der Waals surface area contributed by atoms with Crippen molar-refractivity contribution in [3.05, 3.63) is 0 Å². The maximum Gasteiger partial charge on any atom is 0.472 e. The van der Waals surface area contributed by atoms with Gasteiger partial charge in [-0.3, -0.25) is 37.3 Å². The summed E-state index contributed by atoms with van der Waals surface area (Å²) in [5, 5.41) is 10.6. The first-order chi connectivity index (χ1) is 48.1. The molecule has 0 bridgehead atoms. The van der Waals surface area contributed by atoms with Crippen LogP contribution in [0.5, 0.6) is 0 Å². The van der Waals surface area contributed by atoms with Crippen LogP contribution in [0.2, 0.25) is 0 Å². The Kier molecular flexibility index (Phi) is 68.7. The van der Waals surface area contributed by atoms with E-state index in [0.717, 1.165) is 114 Å². The molecule has 0 aromatic rings. The summed E-state index contributed by atoms with van der Waals surface area (Å²) >= 11 is 0. The Morgan fingerprint density at radius 2 is 0.480 bits per heavy atom. The Morgan fingerprint density at radius 1 is 0.280 bits per heavy atom. The van der Waals surface area contributed by atoms with Crippen LogP contribution in [0.15, 0.2) is 0 Å². The van der Waals surface area contributed by atoms with E-state index in [-0.39, 0.29) is 25.7 Å². The van der Waals surface area contributed by atoms with Crippen LogP contribution >= 0.6 is 15.6 Å². The van der Waals surface area contributed by atoms with Crippen molar-refractivity contribution in [2.45, 2.75) is 433 Å². The number of phosphoric acid groups is 2. The number of phosphoric ester groups is 2. The van der Waals surface area contributed by atoms with Gasteiger partial charge in [0, 0.05) is 25.7 Å². The van der Waals surface area contributed by atoms with E-state index >= 15 is 0 Å². The molecule has 100 heavy (non-hydrogen) atoms. The quantitative estimate of drug-likeness (QED) is 0.0222. The SMILES string of the molecule is CCC(C)CCCCCCCCCCCCCCCCC(=O)O[C@H](COC(=O)CCCCCCCCCC(C)C)COP(=O)(O)OCC(O)COP(=O)(O)OC[C@@H](COC(=O)CCCCCCCCCCCCCC(C)C)OC(=O)CCCCCCCCCCCCCCCCCC(C)C. The van der Waals surface area contributed by atoms with E-state index in [2.05, 4.69) is 55.4 Å². The lowest BCUT2D eigenvalue weighted by molar-refractivity contribution is -0.161. The van der Waals surface area contributed by atoms with Gasteiger partial charge in [0.05, 0.1) is 26.4 Å². The van der Waals surface area contributed by atoms with Crippen molar-refractivity contribution in [2.24, 2.45) is 23.7 Å². The zero-order valence-electron chi connectivity index (χ0n) is 65.8. The average molecular weight is 1470 g/mol.